The van der Waals surface area contributed by atoms with Gasteiger partial charge in [-0.05, 0) is 25.7 Å². The summed E-state index contributed by atoms with van der Waals surface area (Å²) >= 11 is 0. The molecule has 2 rings (SSSR count). The minimum atomic E-state index is 0.159. The van der Waals surface area contributed by atoms with E-state index in [1.165, 1.54) is 0 Å². The molecule has 1 heterocycles. The SMILES string of the molecule is CCCc1c(NC)ncnc1NCCCC(=O)NC1CC1. The second kappa shape index (κ2) is 7.81. The van der Waals surface area contributed by atoms with Gasteiger partial charge in [-0.2, -0.15) is 0 Å². The Kier molecular flexibility index (Phi) is 5.78. The number of anilines is 2. The predicted octanol–water partition coefficient (Wildman–Crippen LogP) is 1.94. The minimum absolute atomic E-state index is 0.159. The highest BCUT2D eigenvalue weighted by Crippen LogP contribution is 2.21. The smallest absolute Gasteiger partial charge is 0.220 e. The fraction of sp³-hybridized carbons (Fsp3) is 0.667. The number of rotatable bonds is 9. The van der Waals surface area contributed by atoms with Crippen LogP contribution in [0.1, 0.15) is 44.6 Å². The molecule has 6 nitrogen and oxygen atoms in total. The van der Waals surface area contributed by atoms with Gasteiger partial charge in [0.05, 0.1) is 0 Å². The Morgan fingerprint density at radius 2 is 2.10 bits per heavy atom. The minimum Gasteiger partial charge on any atom is -0.373 e. The third-order valence-corrected chi connectivity index (χ3v) is 3.50. The van der Waals surface area contributed by atoms with Gasteiger partial charge >= 0.3 is 0 Å². The molecular formula is C15H25N5O. The molecule has 0 spiro atoms. The van der Waals surface area contributed by atoms with Gasteiger partial charge in [0.1, 0.15) is 18.0 Å². The van der Waals surface area contributed by atoms with Crippen LogP contribution in [-0.4, -0.2) is 35.5 Å². The van der Waals surface area contributed by atoms with Crippen LogP contribution in [0.15, 0.2) is 6.33 Å². The van der Waals surface area contributed by atoms with Crippen molar-refractivity contribution in [1.82, 2.24) is 15.3 Å². The van der Waals surface area contributed by atoms with Gasteiger partial charge in [0, 0.05) is 31.6 Å². The van der Waals surface area contributed by atoms with Crippen LogP contribution in [0, 0.1) is 0 Å². The average Bonchev–Trinajstić information content (AvgIpc) is 3.29. The van der Waals surface area contributed by atoms with Crippen LogP contribution < -0.4 is 16.0 Å². The average molecular weight is 291 g/mol. The molecule has 1 aliphatic rings. The molecule has 1 aromatic rings. The summed E-state index contributed by atoms with van der Waals surface area (Å²) in [7, 11) is 1.87. The summed E-state index contributed by atoms with van der Waals surface area (Å²) < 4.78 is 0. The van der Waals surface area contributed by atoms with Crippen molar-refractivity contribution in [1.29, 1.82) is 0 Å². The van der Waals surface area contributed by atoms with E-state index in [4.69, 9.17) is 0 Å². The Morgan fingerprint density at radius 3 is 2.76 bits per heavy atom. The van der Waals surface area contributed by atoms with Crippen LogP contribution in [0.4, 0.5) is 11.6 Å². The number of aromatic nitrogens is 2. The van der Waals surface area contributed by atoms with E-state index in [-0.39, 0.29) is 5.91 Å². The summed E-state index contributed by atoms with van der Waals surface area (Å²) in [5.41, 5.74) is 1.12. The first-order chi connectivity index (χ1) is 10.2. The molecule has 0 saturated heterocycles. The number of carbonyl (C=O) groups excluding carboxylic acids is 1. The van der Waals surface area contributed by atoms with Gasteiger partial charge < -0.3 is 16.0 Å². The van der Waals surface area contributed by atoms with E-state index in [9.17, 15) is 4.79 Å². The number of amides is 1. The fourth-order valence-electron chi connectivity index (χ4n) is 2.25. The van der Waals surface area contributed by atoms with Crippen molar-refractivity contribution in [2.24, 2.45) is 0 Å². The normalized spacial score (nSPS) is 13.8. The molecule has 0 aromatic carbocycles. The Balaban J connectivity index is 1.80. The van der Waals surface area contributed by atoms with Crippen LogP contribution in [0.2, 0.25) is 0 Å². The van der Waals surface area contributed by atoms with Gasteiger partial charge in [-0.1, -0.05) is 13.3 Å². The molecule has 0 bridgehead atoms. The van der Waals surface area contributed by atoms with Crippen molar-refractivity contribution < 1.29 is 4.79 Å². The molecule has 0 radical (unpaired) electrons. The maximum Gasteiger partial charge on any atom is 0.220 e. The summed E-state index contributed by atoms with van der Waals surface area (Å²) in [4.78, 5) is 20.2. The van der Waals surface area contributed by atoms with Crippen molar-refractivity contribution >= 4 is 17.5 Å². The Morgan fingerprint density at radius 1 is 1.33 bits per heavy atom. The summed E-state index contributed by atoms with van der Waals surface area (Å²) in [6.45, 7) is 2.88. The maximum absolute atomic E-state index is 11.6. The Bertz CT molecular complexity index is 473. The van der Waals surface area contributed by atoms with Gasteiger partial charge in [-0.3, -0.25) is 4.79 Å². The van der Waals surface area contributed by atoms with Crippen LogP contribution in [0.5, 0.6) is 0 Å². The molecule has 0 unspecified atom stereocenters. The summed E-state index contributed by atoms with van der Waals surface area (Å²) in [5.74, 6) is 1.91. The van der Waals surface area contributed by atoms with Crippen molar-refractivity contribution in [3.05, 3.63) is 11.9 Å². The zero-order chi connectivity index (χ0) is 15.1. The lowest BCUT2D eigenvalue weighted by molar-refractivity contribution is -0.121. The third kappa shape index (κ3) is 4.88. The topological polar surface area (TPSA) is 78.9 Å². The molecule has 116 valence electrons. The molecule has 21 heavy (non-hydrogen) atoms. The van der Waals surface area contributed by atoms with Crippen LogP contribution in [0.3, 0.4) is 0 Å². The first-order valence-corrected chi connectivity index (χ1v) is 7.79. The van der Waals surface area contributed by atoms with Crippen LogP contribution >= 0.6 is 0 Å². The molecule has 0 aliphatic heterocycles. The van der Waals surface area contributed by atoms with Gasteiger partial charge in [-0.15, -0.1) is 0 Å². The zero-order valence-corrected chi connectivity index (χ0v) is 12.9. The molecule has 3 N–H and O–H groups in total. The lowest BCUT2D eigenvalue weighted by Crippen LogP contribution is -2.25. The van der Waals surface area contributed by atoms with Gasteiger partial charge in [-0.25, -0.2) is 9.97 Å². The molecule has 6 heteroatoms. The van der Waals surface area contributed by atoms with Crippen molar-refractivity contribution in [3.8, 4) is 0 Å². The van der Waals surface area contributed by atoms with Crippen molar-refractivity contribution in [2.45, 2.75) is 51.5 Å². The van der Waals surface area contributed by atoms with Crippen LogP contribution in [-0.2, 0) is 11.2 Å². The Labute approximate surface area is 126 Å². The number of nitrogens with zero attached hydrogens (tertiary/aromatic N) is 2. The molecule has 1 saturated carbocycles. The van der Waals surface area contributed by atoms with E-state index >= 15 is 0 Å². The monoisotopic (exact) mass is 291 g/mol. The highest BCUT2D eigenvalue weighted by molar-refractivity contribution is 5.76. The number of hydrogen-bond donors (Lipinski definition) is 3. The summed E-state index contributed by atoms with van der Waals surface area (Å²) in [6.07, 6.45) is 7.19. The molecule has 1 amide bonds. The predicted molar refractivity (Wildman–Crippen MR) is 84.5 cm³/mol. The van der Waals surface area contributed by atoms with E-state index in [1.807, 2.05) is 7.05 Å². The van der Waals surface area contributed by atoms with E-state index in [1.54, 1.807) is 6.33 Å². The van der Waals surface area contributed by atoms with Crippen LogP contribution in [0.25, 0.3) is 0 Å². The number of carbonyl (C=O) groups is 1. The Hall–Kier alpha value is -1.85. The van der Waals surface area contributed by atoms with E-state index in [2.05, 4.69) is 32.8 Å². The van der Waals surface area contributed by atoms with Gasteiger partial charge in [0.25, 0.3) is 0 Å². The third-order valence-electron chi connectivity index (χ3n) is 3.50. The fourth-order valence-corrected chi connectivity index (χ4v) is 2.25. The van der Waals surface area contributed by atoms with E-state index < -0.39 is 0 Å². The first-order valence-electron chi connectivity index (χ1n) is 7.79. The number of hydrogen-bond acceptors (Lipinski definition) is 5. The summed E-state index contributed by atoms with van der Waals surface area (Å²) in [6, 6.07) is 0.446. The number of nitrogens with one attached hydrogen (secondary N) is 3. The molecule has 1 aliphatic carbocycles. The standard InChI is InChI=1S/C15H25N5O/c1-3-5-12-14(16-2)18-10-19-15(12)17-9-4-6-13(21)20-11-7-8-11/h10-11H,3-9H2,1-2H3,(H,20,21)(H2,16,17,18,19). The summed E-state index contributed by atoms with van der Waals surface area (Å²) in [5, 5.41) is 9.43. The maximum atomic E-state index is 11.6. The highest BCUT2D eigenvalue weighted by Gasteiger charge is 2.22. The van der Waals surface area contributed by atoms with Crippen molar-refractivity contribution in [2.75, 3.05) is 24.2 Å². The second-order valence-electron chi connectivity index (χ2n) is 5.42. The zero-order valence-electron chi connectivity index (χ0n) is 12.9. The molecular weight excluding hydrogens is 266 g/mol. The molecule has 0 atom stereocenters. The molecule has 1 fully saturated rings. The second-order valence-corrected chi connectivity index (χ2v) is 5.42. The van der Waals surface area contributed by atoms with Gasteiger partial charge in [0.15, 0.2) is 0 Å². The van der Waals surface area contributed by atoms with E-state index in [0.717, 1.165) is 55.8 Å². The molecule has 1 aromatic heterocycles. The van der Waals surface area contributed by atoms with Gasteiger partial charge in [0.2, 0.25) is 5.91 Å². The van der Waals surface area contributed by atoms with Crippen molar-refractivity contribution in [3.63, 3.8) is 0 Å². The first kappa shape index (κ1) is 15.5. The highest BCUT2D eigenvalue weighted by atomic mass is 16.1. The lowest BCUT2D eigenvalue weighted by Gasteiger charge is -2.13. The quantitative estimate of drug-likeness (QED) is 0.606. The largest absolute Gasteiger partial charge is 0.373 e. The lowest BCUT2D eigenvalue weighted by atomic mass is 10.1. The van der Waals surface area contributed by atoms with E-state index in [0.29, 0.717) is 12.5 Å².